The fourth-order valence-corrected chi connectivity index (χ4v) is 4.11. The zero-order chi connectivity index (χ0) is 29.2. The van der Waals surface area contributed by atoms with E-state index in [1.54, 1.807) is 0 Å². The fraction of sp³-hybridized carbons (Fsp3) is 0.828. The predicted octanol–water partition coefficient (Wildman–Crippen LogP) is 0.888. The van der Waals surface area contributed by atoms with Crippen LogP contribution in [0.25, 0.3) is 0 Å². The molecule has 2 aliphatic rings. The summed E-state index contributed by atoms with van der Waals surface area (Å²) in [6.45, 7) is 13.5. The van der Waals surface area contributed by atoms with E-state index in [4.69, 9.17) is 52.4 Å². The molecule has 0 radical (unpaired) electrons. The zero-order valence-electron chi connectivity index (χ0n) is 25.1. The molecule has 0 atom stereocenters. The molecule has 3 heterocycles. The molecule has 2 saturated heterocycles. The van der Waals surface area contributed by atoms with Crippen LogP contribution in [0.2, 0.25) is 0 Å². The van der Waals surface area contributed by atoms with E-state index in [0.717, 1.165) is 11.6 Å². The molecular formula is C29H51N3O10. The minimum absolute atomic E-state index is 0.526. The lowest BCUT2D eigenvalue weighted by atomic mass is 10.3. The van der Waals surface area contributed by atoms with Gasteiger partial charge in [0.2, 0.25) is 0 Å². The van der Waals surface area contributed by atoms with Crippen LogP contribution in [-0.4, -0.2) is 163 Å². The van der Waals surface area contributed by atoms with Gasteiger partial charge in [-0.3, -0.25) is 0 Å². The van der Waals surface area contributed by atoms with Gasteiger partial charge in [-0.15, -0.1) is 0 Å². The molecule has 0 unspecified atom stereocenters. The maximum absolute atomic E-state index is 5.84. The third-order valence-corrected chi connectivity index (χ3v) is 6.37. The van der Waals surface area contributed by atoms with Gasteiger partial charge in [0, 0.05) is 26.2 Å². The molecule has 1 aromatic heterocycles. The van der Waals surface area contributed by atoms with Crippen LogP contribution >= 0.6 is 0 Å². The molecule has 1 aromatic rings. The van der Waals surface area contributed by atoms with E-state index in [2.05, 4.69) is 9.80 Å². The summed E-state index contributed by atoms with van der Waals surface area (Å²) < 4.78 is 56.6. The summed E-state index contributed by atoms with van der Waals surface area (Å²) in [4.78, 5) is 9.41. The number of hydrogen-bond acceptors (Lipinski definition) is 13. The van der Waals surface area contributed by atoms with Crippen LogP contribution in [0.5, 0.6) is 0 Å². The van der Waals surface area contributed by atoms with E-state index in [0.29, 0.717) is 158 Å². The van der Waals surface area contributed by atoms with Gasteiger partial charge in [0.15, 0.2) is 0 Å². The highest BCUT2D eigenvalue weighted by Crippen LogP contribution is 2.18. The Hall–Kier alpha value is -1.65. The van der Waals surface area contributed by atoms with Crippen molar-refractivity contribution in [1.29, 1.82) is 0 Å². The lowest BCUT2D eigenvalue weighted by molar-refractivity contribution is -0.0117. The SMILES string of the molecule is c1cc(N2CCOCCOCCOCCOCCOCC2)nc(N2CCOCCOCCOCCOCCOCC2)c1. The first-order chi connectivity index (χ1) is 20.9. The van der Waals surface area contributed by atoms with Crippen molar-refractivity contribution < 1.29 is 47.4 Å². The van der Waals surface area contributed by atoms with Crippen LogP contribution in [0.4, 0.5) is 11.6 Å². The van der Waals surface area contributed by atoms with Gasteiger partial charge in [-0.2, -0.15) is 0 Å². The van der Waals surface area contributed by atoms with Gasteiger partial charge in [0.05, 0.1) is 132 Å². The van der Waals surface area contributed by atoms with Gasteiger partial charge in [0.1, 0.15) is 11.6 Å². The maximum Gasteiger partial charge on any atom is 0.131 e. The number of pyridine rings is 1. The molecule has 2 fully saturated rings. The van der Waals surface area contributed by atoms with E-state index in [9.17, 15) is 0 Å². The summed E-state index contributed by atoms with van der Waals surface area (Å²) in [7, 11) is 0. The Kier molecular flexibility index (Phi) is 20.5. The third-order valence-electron chi connectivity index (χ3n) is 6.37. The molecule has 0 spiro atoms. The first-order valence-corrected chi connectivity index (χ1v) is 15.2. The summed E-state index contributed by atoms with van der Waals surface area (Å²) in [6.07, 6.45) is 0. The lowest BCUT2D eigenvalue weighted by Gasteiger charge is -2.27. The Balaban J connectivity index is 1.57. The highest BCUT2D eigenvalue weighted by atomic mass is 16.6. The van der Waals surface area contributed by atoms with Gasteiger partial charge >= 0.3 is 0 Å². The topological polar surface area (TPSA) is 112 Å². The van der Waals surface area contributed by atoms with E-state index in [1.807, 2.05) is 18.2 Å². The molecule has 42 heavy (non-hydrogen) atoms. The monoisotopic (exact) mass is 601 g/mol. The molecular weight excluding hydrogens is 550 g/mol. The Morgan fingerprint density at radius 3 is 0.786 bits per heavy atom. The minimum Gasteiger partial charge on any atom is -0.377 e. The number of anilines is 2. The van der Waals surface area contributed by atoms with Crippen molar-refractivity contribution in [2.75, 3.05) is 168 Å². The molecule has 2 aliphatic heterocycles. The summed E-state index contributed by atoms with van der Waals surface area (Å²) >= 11 is 0. The molecule has 0 amide bonds. The average Bonchev–Trinajstić information content (AvgIpc) is 3.01. The number of aromatic nitrogens is 1. The molecule has 0 aromatic carbocycles. The Morgan fingerprint density at radius 2 is 0.548 bits per heavy atom. The van der Waals surface area contributed by atoms with Crippen LogP contribution < -0.4 is 9.80 Å². The van der Waals surface area contributed by atoms with Crippen molar-refractivity contribution in [2.24, 2.45) is 0 Å². The van der Waals surface area contributed by atoms with Crippen molar-refractivity contribution >= 4 is 11.6 Å². The normalized spacial score (nSPS) is 22.8. The molecule has 13 nitrogen and oxygen atoms in total. The van der Waals surface area contributed by atoms with Crippen molar-refractivity contribution in [3.8, 4) is 0 Å². The lowest BCUT2D eigenvalue weighted by Crippen LogP contribution is -2.34. The quantitative estimate of drug-likeness (QED) is 0.479. The molecule has 242 valence electrons. The highest BCUT2D eigenvalue weighted by molar-refractivity contribution is 5.48. The molecule has 0 saturated carbocycles. The Labute approximate surface area is 250 Å². The first kappa shape index (κ1) is 34.8. The maximum atomic E-state index is 5.84. The van der Waals surface area contributed by atoms with Gasteiger partial charge in [0.25, 0.3) is 0 Å². The van der Waals surface area contributed by atoms with E-state index < -0.39 is 0 Å². The van der Waals surface area contributed by atoms with Crippen LogP contribution in [0, 0.1) is 0 Å². The first-order valence-electron chi connectivity index (χ1n) is 15.2. The van der Waals surface area contributed by atoms with Crippen molar-refractivity contribution in [3.05, 3.63) is 18.2 Å². The summed E-state index contributed by atoms with van der Waals surface area (Å²) in [6, 6.07) is 6.08. The second-order valence-electron chi connectivity index (χ2n) is 9.45. The Morgan fingerprint density at radius 1 is 0.333 bits per heavy atom. The number of rotatable bonds is 2. The van der Waals surface area contributed by atoms with E-state index in [1.165, 1.54) is 0 Å². The largest absolute Gasteiger partial charge is 0.377 e. The third kappa shape index (κ3) is 16.8. The van der Waals surface area contributed by atoms with Crippen molar-refractivity contribution in [2.45, 2.75) is 0 Å². The number of hydrogen-bond donors (Lipinski definition) is 0. The average molecular weight is 602 g/mol. The van der Waals surface area contributed by atoms with Crippen LogP contribution in [-0.2, 0) is 47.4 Å². The standard InChI is InChI=1S/C29H51N3O10/c1-2-28(31-4-8-33-12-16-37-20-24-41-25-21-38-17-13-34-9-5-31)30-29(3-1)32-6-10-35-14-18-39-22-26-42-27-23-40-19-15-36-11-7-32/h1-3H,4-27H2. The van der Waals surface area contributed by atoms with Crippen molar-refractivity contribution in [1.82, 2.24) is 4.98 Å². The van der Waals surface area contributed by atoms with Crippen LogP contribution in [0.15, 0.2) is 18.2 Å². The van der Waals surface area contributed by atoms with Crippen molar-refractivity contribution in [3.63, 3.8) is 0 Å². The predicted molar refractivity (Wildman–Crippen MR) is 157 cm³/mol. The summed E-state index contributed by atoms with van der Waals surface area (Å²) in [5, 5.41) is 0. The minimum atomic E-state index is 0.526. The van der Waals surface area contributed by atoms with Gasteiger partial charge < -0.3 is 57.2 Å². The molecule has 0 N–H and O–H groups in total. The second-order valence-corrected chi connectivity index (χ2v) is 9.45. The zero-order valence-corrected chi connectivity index (χ0v) is 25.1. The number of ether oxygens (including phenoxy) is 10. The molecule has 0 bridgehead atoms. The van der Waals surface area contributed by atoms with E-state index in [-0.39, 0.29) is 0 Å². The fourth-order valence-electron chi connectivity index (χ4n) is 4.11. The summed E-state index contributed by atoms with van der Waals surface area (Å²) in [5.74, 6) is 1.73. The highest BCUT2D eigenvalue weighted by Gasteiger charge is 2.14. The van der Waals surface area contributed by atoms with Crippen LogP contribution in [0.3, 0.4) is 0 Å². The molecule has 0 aliphatic carbocycles. The number of nitrogens with zero attached hydrogens (tertiary/aromatic N) is 3. The van der Waals surface area contributed by atoms with Gasteiger partial charge in [-0.1, -0.05) is 6.07 Å². The van der Waals surface area contributed by atoms with Crippen LogP contribution in [0.1, 0.15) is 0 Å². The Bertz CT molecular complexity index is 673. The summed E-state index contributed by atoms with van der Waals surface area (Å²) in [5.41, 5.74) is 0. The van der Waals surface area contributed by atoms with Gasteiger partial charge in [-0.25, -0.2) is 4.98 Å². The molecule has 3 rings (SSSR count). The molecule has 13 heteroatoms. The second kappa shape index (κ2) is 24.8. The van der Waals surface area contributed by atoms with E-state index >= 15 is 0 Å². The smallest absolute Gasteiger partial charge is 0.131 e. The van der Waals surface area contributed by atoms with Gasteiger partial charge in [-0.05, 0) is 12.1 Å².